The fourth-order valence-electron chi connectivity index (χ4n) is 4.24. The summed E-state index contributed by atoms with van der Waals surface area (Å²) in [5.74, 6) is -1.21. The van der Waals surface area contributed by atoms with Crippen LogP contribution in [0.25, 0.3) is 11.1 Å². The summed E-state index contributed by atoms with van der Waals surface area (Å²) in [4.78, 5) is 11.6. The Morgan fingerprint density at radius 2 is 1.71 bits per heavy atom. The molecule has 0 radical (unpaired) electrons. The molecule has 0 aliphatic heterocycles. The van der Waals surface area contributed by atoms with Crippen molar-refractivity contribution in [2.24, 2.45) is 0 Å². The number of carboxylic acid groups (broad SMARTS) is 1. The molecule has 2 N–H and O–H groups in total. The third kappa shape index (κ3) is 5.48. The number of hydrogen-bond acceptors (Lipinski definition) is 3. The molecule has 0 spiro atoms. The largest absolute Gasteiger partial charge is 0.488 e. The highest BCUT2D eigenvalue weighted by Crippen LogP contribution is 2.45. The van der Waals surface area contributed by atoms with Crippen LogP contribution in [-0.2, 0) is 12.8 Å². The van der Waals surface area contributed by atoms with Gasteiger partial charge in [0.2, 0.25) is 0 Å². The van der Waals surface area contributed by atoms with Crippen LogP contribution < -0.4 is 10.1 Å². The van der Waals surface area contributed by atoms with Crippen molar-refractivity contribution in [2.45, 2.75) is 32.0 Å². The second kappa shape index (κ2) is 9.82. The van der Waals surface area contributed by atoms with Crippen molar-refractivity contribution in [2.75, 3.05) is 12.4 Å². The van der Waals surface area contributed by atoms with Crippen LogP contribution in [0.4, 0.5) is 23.2 Å². The average molecular weight is 485 g/mol. The predicted octanol–water partition coefficient (Wildman–Crippen LogP) is 7.26. The number of hydrogen-bond donors (Lipinski definition) is 2. The highest BCUT2D eigenvalue weighted by Gasteiger charge is 2.32. The van der Waals surface area contributed by atoms with Crippen LogP contribution >= 0.6 is 0 Å². The topological polar surface area (TPSA) is 58.6 Å². The molecule has 182 valence electrons. The normalized spacial score (nSPS) is 13.7. The highest BCUT2D eigenvalue weighted by molar-refractivity contribution is 5.97. The van der Waals surface area contributed by atoms with Crippen molar-refractivity contribution in [3.05, 3.63) is 94.3 Å². The summed E-state index contributed by atoms with van der Waals surface area (Å²) < 4.78 is 59.8. The monoisotopic (exact) mass is 485 g/mol. The van der Waals surface area contributed by atoms with Gasteiger partial charge in [0.05, 0.1) is 11.1 Å². The molecule has 0 fully saturated rings. The molecule has 3 aromatic rings. The fourth-order valence-corrected chi connectivity index (χ4v) is 4.24. The van der Waals surface area contributed by atoms with Crippen LogP contribution in [0.2, 0.25) is 0 Å². The van der Waals surface area contributed by atoms with Crippen molar-refractivity contribution in [1.29, 1.82) is 0 Å². The molecule has 0 bridgehead atoms. The lowest BCUT2D eigenvalue weighted by molar-refractivity contribution is -0.137. The van der Waals surface area contributed by atoms with E-state index < -0.39 is 23.5 Å². The van der Waals surface area contributed by atoms with Crippen molar-refractivity contribution >= 4 is 22.8 Å². The lowest BCUT2D eigenvalue weighted by atomic mass is 9.93. The highest BCUT2D eigenvalue weighted by atomic mass is 19.4. The lowest BCUT2D eigenvalue weighted by Crippen LogP contribution is -2.07. The van der Waals surface area contributed by atoms with E-state index in [0.29, 0.717) is 47.2 Å². The second-order valence-corrected chi connectivity index (χ2v) is 8.29. The number of carbonyl (C=O) groups is 1. The first-order chi connectivity index (χ1) is 16.7. The summed E-state index contributed by atoms with van der Waals surface area (Å²) >= 11 is 0. The van der Waals surface area contributed by atoms with E-state index in [0.717, 1.165) is 17.7 Å². The molecule has 0 amide bonds. The number of carboxylic acids is 1. The molecular formula is C27H23F4NO3. The number of nitrogens with one attached hydrogen (secondary N) is 1. The summed E-state index contributed by atoms with van der Waals surface area (Å²) in [7, 11) is 1.67. The Morgan fingerprint density at radius 1 is 1.00 bits per heavy atom. The molecule has 1 aliphatic carbocycles. The second-order valence-electron chi connectivity index (χ2n) is 8.29. The number of rotatable bonds is 7. The molecule has 1 aliphatic rings. The van der Waals surface area contributed by atoms with Crippen LogP contribution in [0, 0.1) is 5.82 Å². The van der Waals surface area contributed by atoms with E-state index in [9.17, 15) is 27.5 Å². The van der Waals surface area contributed by atoms with Gasteiger partial charge in [-0.15, -0.1) is 0 Å². The fraction of sp³-hybridized carbons (Fsp3) is 0.222. The van der Waals surface area contributed by atoms with E-state index in [1.165, 1.54) is 30.3 Å². The third-order valence-electron chi connectivity index (χ3n) is 5.97. The maximum Gasteiger partial charge on any atom is 0.416 e. The Balaban J connectivity index is 1.81. The molecule has 8 heteroatoms. The molecule has 3 aromatic carbocycles. The first-order valence-electron chi connectivity index (χ1n) is 11.0. The third-order valence-corrected chi connectivity index (χ3v) is 5.97. The number of allylic oxidation sites excluding steroid dienone is 2. The zero-order chi connectivity index (χ0) is 25.2. The van der Waals surface area contributed by atoms with Crippen molar-refractivity contribution in [3.8, 4) is 5.75 Å². The van der Waals surface area contributed by atoms with E-state index in [2.05, 4.69) is 5.32 Å². The van der Waals surface area contributed by atoms with E-state index in [1.54, 1.807) is 25.2 Å². The van der Waals surface area contributed by atoms with Crippen molar-refractivity contribution in [1.82, 2.24) is 0 Å². The molecule has 0 atom stereocenters. The van der Waals surface area contributed by atoms with E-state index in [1.807, 2.05) is 0 Å². The van der Waals surface area contributed by atoms with Gasteiger partial charge in [-0.05, 0) is 90.1 Å². The van der Waals surface area contributed by atoms with E-state index >= 15 is 0 Å². The minimum absolute atomic E-state index is 0.0552. The number of halogens is 4. The summed E-state index contributed by atoms with van der Waals surface area (Å²) in [6.45, 7) is 0.0552. The van der Waals surface area contributed by atoms with Crippen LogP contribution in [0.1, 0.15) is 51.9 Å². The van der Waals surface area contributed by atoms with Gasteiger partial charge in [0.15, 0.2) is 0 Å². The van der Waals surface area contributed by atoms with Crippen LogP contribution in [0.3, 0.4) is 0 Å². The van der Waals surface area contributed by atoms with Crippen LogP contribution in [0.5, 0.6) is 5.75 Å². The number of ether oxygens (including phenoxy) is 1. The summed E-state index contributed by atoms with van der Waals surface area (Å²) in [6, 6.07) is 13.9. The van der Waals surface area contributed by atoms with Gasteiger partial charge >= 0.3 is 12.1 Å². The molecule has 35 heavy (non-hydrogen) atoms. The van der Waals surface area contributed by atoms with Gasteiger partial charge in [0, 0.05) is 18.3 Å². The van der Waals surface area contributed by atoms with Gasteiger partial charge in [-0.25, -0.2) is 9.18 Å². The summed E-state index contributed by atoms with van der Waals surface area (Å²) in [6.07, 6.45) is -2.71. The molecule has 0 heterocycles. The maximum absolute atomic E-state index is 13.6. The number of benzene rings is 3. The molecule has 4 rings (SSSR count). The predicted molar refractivity (Wildman–Crippen MR) is 126 cm³/mol. The summed E-state index contributed by atoms with van der Waals surface area (Å²) in [5.41, 5.74) is 2.99. The Bertz CT molecular complexity index is 1280. The lowest BCUT2D eigenvalue weighted by Gasteiger charge is -2.18. The zero-order valence-corrected chi connectivity index (χ0v) is 18.9. The quantitative estimate of drug-likeness (QED) is 0.346. The SMILES string of the molecule is CNc1cc(C(=O)O)cc(C2=C(c3cc(C(F)(F)F)ccc3OCc3ccc(F)cc3)CCC2)c1. The zero-order valence-electron chi connectivity index (χ0n) is 18.9. The molecule has 0 unspecified atom stereocenters. The van der Waals surface area contributed by atoms with Crippen LogP contribution in [0.15, 0.2) is 60.7 Å². The number of aromatic carboxylic acids is 1. The number of alkyl halides is 3. The van der Waals surface area contributed by atoms with Gasteiger partial charge < -0.3 is 15.2 Å². The standard InChI is InChI=1S/C27H23F4NO3/c1-32-21-12-17(11-18(13-21)26(33)34)22-3-2-4-23(22)24-14-19(27(29,30)31)7-10-25(24)35-15-16-5-8-20(28)9-6-16/h5-14,32H,2-4,15H2,1H3,(H,33,34). The number of anilines is 1. The van der Waals surface area contributed by atoms with Gasteiger partial charge in [-0.3, -0.25) is 0 Å². The van der Waals surface area contributed by atoms with Gasteiger partial charge in [-0.2, -0.15) is 13.2 Å². The molecule has 0 saturated heterocycles. The first kappa shape index (κ1) is 24.3. The molecule has 0 aromatic heterocycles. The van der Waals surface area contributed by atoms with Crippen LogP contribution in [-0.4, -0.2) is 18.1 Å². The summed E-state index contributed by atoms with van der Waals surface area (Å²) in [5, 5.41) is 12.4. The maximum atomic E-state index is 13.6. The molecule has 4 nitrogen and oxygen atoms in total. The molecular weight excluding hydrogens is 462 g/mol. The Labute approximate surface area is 199 Å². The van der Waals surface area contributed by atoms with Crippen molar-refractivity contribution in [3.63, 3.8) is 0 Å². The van der Waals surface area contributed by atoms with Gasteiger partial charge in [-0.1, -0.05) is 12.1 Å². The van der Waals surface area contributed by atoms with Gasteiger partial charge in [0.25, 0.3) is 0 Å². The van der Waals surface area contributed by atoms with E-state index in [-0.39, 0.29) is 17.9 Å². The Hall–Kier alpha value is -3.81. The van der Waals surface area contributed by atoms with E-state index in [4.69, 9.17) is 4.74 Å². The minimum atomic E-state index is -4.54. The Morgan fingerprint density at radius 3 is 2.37 bits per heavy atom. The van der Waals surface area contributed by atoms with Gasteiger partial charge in [0.1, 0.15) is 18.2 Å². The van der Waals surface area contributed by atoms with Crippen molar-refractivity contribution < 1.29 is 32.2 Å². The Kier molecular flexibility index (Phi) is 6.82. The first-order valence-corrected chi connectivity index (χ1v) is 11.0. The smallest absolute Gasteiger partial charge is 0.416 e. The molecule has 0 saturated carbocycles. The average Bonchev–Trinajstić information content (AvgIpc) is 3.32. The minimum Gasteiger partial charge on any atom is -0.488 e.